The van der Waals surface area contributed by atoms with Crippen molar-refractivity contribution < 1.29 is 31.9 Å². The van der Waals surface area contributed by atoms with Crippen molar-refractivity contribution in [1.82, 2.24) is 4.90 Å². The molecule has 7 nitrogen and oxygen atoms in total. The quantitative estimate of drug-likeness (QED) is 0.297. The number of furan rings is 1. The van der Waals surface area contributed by atoms with Gasteiger partial charge in [0.25, 0.3) is 0 Å². The second kappa shape index (κ2) is 10.3. The molecule has 0 fully saturated rings. The van der Waals surface area contributed by atoms with Crippen LogP contribution in [0.4, 0.5) is 24.5 Å². The number of fused-ring (bicyclic) bond motifs is 3. The summed E-state index contributed by atoms with van der Waals surface area (Å²) in [6.45, 7) is 1.34. The Kier molecular flexibility index (Phi) is 7.33. The number of anilines is 2. The fourth-order valence-electron chi connectivity index (χ4n) is 3.84. The van der Waals surface area contributed by atoms with Crippen LogP contribution in [0.5, 0.6) is 5.75 Å². The molecule has 4 aromatic rings. The number of carbonyl (C=O) groups excluding carboxylic acids is 2. The second-order valence-electron chi connectivity index (χ2n) is 8.47. The van der Waals surface area contributed by atoms with E-state index in [1.54, 1.807) is 26.1 Å². The van der Waals surface area contributed by atoms with Gasteiger partial charge in [0.2, 0.25) is 11.8 Å². The van der Waals surface area contributed by atoms with E-state index < -0.39 is 34.6 Å². The van der Waals surface area contributed by atoms with Gasteiger partial charge in [-0.2, -0.15) is 13.2 Å². The number of hydrogen-bond acceptors (Lipinski definition) is 5. The van der Waals surface area contributed by atoms with E-state index in [1.807, 2.05) is 24.3 Å². The van der Waals surface area contributed by atoms with Crippen molar-refractivity contribution in [2.45, 2.75) is 19.1 Å². The predicted molar refractivity (Wildman–Crippen MR) is 136 cm³/mol. The first-order valence-corrected chi connectivity index (χ1v) is 11.5. The lowest BCUT2D eigenvalue weighted by Gasteiger charge is -2.24. The van der Waals surface area contributed by atoms with E-state index in [-0.39, 0.29) is 12.2 Å². The molecule has 0 aliphatic heterocycles. The number of halogens is 4. The molecule has 2 amide bonds. The third-order valence-corrected chi connectivity index (χ3v) is 6.28. The lowest BCUT2D eigenvalue weighted by atomic mass is 10.1. The van der Waals surface area contributed by atoms with Crippen LogP contribution in [0, 0.1) is 0 Å². The second-order valence-corrected chi connectivity index (χ2v) is 8.87. The average molecular weight is 534 g/mol. The standard InChI is InChI=1S/C26H23ClF3N3O4/c1-14(33(2)13-24(34)31-15-8-9-19(27)18(10-15)26(28,29)30)25(35)32-20-12-22-17(11-23(20)36-3)16-6-4-5-7-21(16)37-22/h4-12,14H,13H2,1-3H3,(H,31,34)(H,32,35)/t14-/m0/s1. The number of alkyl halides is 3. The number of ether oxygens (including phenoxy) is 1. The van der Waals surface area contributed by atoms with Crippen LogP contribution in [0.2, 0.25) is 5.02 Å². The lowest BCUT2D eigenvalue weighted by molar-refractivity contribution is -0.137. The van der Waals surface area contributed by atoms with Crippen LogP contribution >= 0.6 is 11.6 Å². The SMILES string of the molecule is COc1cc2c(cc1NC(=O)[C@H](C)N(C)CC(=O)Nc1ccc(Cl)c(C(F)(F)F)c1)oc1ccccc12. The largest absolute Gasteiger partial charge is 0.495 e. The van der Waals surface area contributed by atoms with Crippen LogP contribution in [0.25, 0.3) is 21.9 Å². The first kappa shape index (κ1) is 26.3. The van der Waals surface area contributed by atoms with Gasteiger partial charge in [0, 0.05) is 22.5 Å². The minimum atomic E-state index is -4.66. The Labute approximate surface area is 215 Å². The van der Waals surface area contributed by atoms with Crippen molar-refractivity contribution in [3.05, 3.63) is 65.2 Å². The summed E-state index contributed by atoms with van der Waals surface area (Å²) in [5.41, 5.74) is 0.549. The van der Waals surface area contributed by atoms with Gasteiger partial charge >= 0.3 is 6.18 Å². The molecule has 1 aromatic heterocycles. The molecule has 11 heteroatoms. The number of methoxy groups -OCH3 is 1. The van der Waals surface area contributed by atoms with E-state index in [1.165, 1.54) is 18.1 Å². The van der Waals surface area contributed by atoms with E-state index in [0.29, 0.717) is 22.6 Å². The molecule has 37 heavy (non-hydrogen) atoms. The number of amides is 2. The van der Waals surface area contributed by atoms with Crippen molar-refractivity contribution in [2.24, 2.45) is 0 Å². The van der Waals surface area contributed by atoms with E-state index in [0.717, 1.165) is 22.9 Å². The molecule has 0 unspecified atom stereocenters. The zero-order chi connectivity index (χ0) is 26.9. The van der Waals surface area contributed by atoms with E-state index >= 15 is 0 Å². The Bertz CT molecular complexity index is 1490. The predicted octanol–water partition coefficient (Wildman–Crippen LogP) is 6.16. The van der Waals surface area contributed by atoms with Gasteiger partial charge in [-0.3, -0.25) is 14.5 Å². The van der Waals surface area contributed by atoms with Crippen LogP contribution in [0.1, 0.15) is 12.5 Å². The number of nitrogens with one attached hydrogen (secondary N) is 2. The zero-order valence-electron chi connectivity index (χ0n) is 20.1. The summed E-state index contributed by atoms with van der Waals surface area (Å²) in [6, 6.07) is 13.3. The summed E-state index contributed by atoms with van der Waals surface area (Å²) in [6.07, 6.45) is -4.66. The Morgan fingerprint density at radius 3 is 2.49 bits per heavy atom. The summed E-state index contributed by atoms with van der Waals surface area (Å²) >= 11 is 5.62. The number of hydrogen-bond donors (Lipinski definition) is 2. The monoisotopic (exact) mass is 533 g/mol. The molecule has 3 aromatic carbocycles. The highest BCUT2D eigenvalue weighted by Crippen LogP contribution is 2.37. The molecule has 2 N–H and O–H groups in total. The lowest BCUT2D eigenvalue weighted by Crippen LogP contribution is -2.43. The number of rotatable bonds is 7. The third kappa shape index (κ3) is 5.65. The highest BCUT2D eigenvalue weighted by Gasteiger charge is 2.33. The van der Waals surface area contributed by atoms with Crippen molar-refractivity contribution in [3.8, 4) is 5.75 Å². The van der Waals surface area contributed by atoms with Crippen molar-refractivity contribution in [3.63, 3.8) is 0 Å². The van der Waals surface area contributed by atoms with Gasteiger partial charge in [0.05, 0.1) is 36.0 Å². The molecule has 194 valence electrons. The summed E-state index contributed by atoms with van der Waals surface area (Å²) in [5, 5.41) is 6.48. The topological polar surface area (TPSA) is 83.8 Å². The first-order valence-electron chi connectivity index (χ1n) is 11.1. The Morgan fingerprint density at radius 2 is 1.78 bits per heavy atom. The van der Waals surface area contributed by atoms with Gasteiger partial charge in [0.15, 0.2) is 0 Å². The molecule has 0 aliphatic rings. The van der Waals surface area contributed by atoms with Gasteiger partial charge in [0.1, 0.15) is 16.9 Å². The molecule has 0 aliphatic carbocycles. The highest BCUT2D eigenvalue weighted by atomic mass is 35.5. The third-order valence-electron chi connectivity index (χ3n) is 5.95. The normalized spacial score (nSPS) is 12.6. The molecular formula is C26H23ClF3N3O4. The Balaban J connectivity index is 1.44. The van der Waals surface area contributed by atoms with Gasteiger partial charge < -0.3 is 19.8 Å². The number of para-hydroxylation sites is 1. The number of likely N-dealkylation sites (N-methyl/N-ethyl adjacent to an activating group) is 1. The first-order chi connectivity index (χ1) is 17.5. The van der Waals surface area contributed by atoms with Crippen LogP contribution in [0.3, 0.4) is 0 Å². The summed E-state index contributed by atoms with van der Waals surface area (Å²) < 4.78 is 50.6. The van der Waals surface area contributed by atoms with Crippen molar-refractivity contribution >= 4 is 56.7 Å². The van der Waals surface area contributed by atoms with Crippen LogP contribution < -0.4 is 15.4 Å². The van der Waals surface area contributed by atoms with E-state index in [4.69, 9.17) is 20.8 Å². The molecule has 1 atom stereocenters. The number of carbonyl (C=O) groups is 2. The molecule has 1 heterocycles. The fourth-order valence-corrected chi connectivity index (χ4v) is 4.06. The van der Waals surface area contributed by atoms with Gasteiger partial charge in [-0.25, -0.2) is 0 Å². The summed E-state index contributed by atoms with van der Waals surface area (Å²) in [4.78, 5) is 26.9. The summed E-state index contributed by atoms with van der Waals surface area (Å²) in [7, 11) is 3.03. The molecule has 0 saturated heterocycles. The number of nitrogens with zero attached hydrogens (tertiary/aromatic N) is 1. The molecule has 4 rings (SSSR count). The van der Waals surface area contributed by atoms with Crippen LogP contribution in [-0.2, 0) is 15.8 Å². The fraction of sp³-hybridized carbons (Fsp3) is 0.231. The maximum Gasteiger partial charge on any atom is 0.417 e. The minimum absolute atomic E-state index is 0.0592. The van der Waals surface area contributed by atoms with Crippen LogP contribution in [0.15, 0.2) is 59.0 Å². The summed E-state index contributed by atoms with van der Waals surface area (Å²) in [5.74, 6) is -0.586. The zero-order valence-corrected chi connectivity index (χ0v) is 20.8. The van der Waals surface area contributed by atoms with Gasteiger partial charge in [-0.05, 0) is 44.3 Å². The Morgan fingerprint density at radius 1 is 1.05 bits per heavy atom. The Hall–Kier alpha value is -3.76. The average Bonchev–Trinajstić information content (AvgIpc) is 3.20. The van der Waals surface area contributed by atoms with Crippen LogP contribution in [-0.4, -0.2) is 43.5 Å². The molecule has 0 spiro atoms. The highest BCUT2D eigenvalue weighted by molar-refractivity contribution is 6.31. The van der Waals surface area contributed by atoms with E-state index in [2.05, 4.69) is 10.6 Å². The maximum absolute atomic E-state index is 13.1. The van der Waals surface area contributed by atoms with Crippen molar-refractivity contribution in [2.75, 3.05) is 31.3 Å². The molecule has 0 bridgehead atoms. The molecule has 0 saturated carbocycles. The minimum Gasteiger partial charge on any atom is -0.495 e. The maximum atomic E-state index is 13.1. The smallest absolute Gasteiger partial charge is 0.417 e. The number of benzene rings is 3. The van der Waals surface area contributed by atoms with E-state index in [9.17, 15) is 22.8 Å². The molecular weight excluding hydrogens is 511 g/mol. The van der Waals surface area contributed by atoms with Gasteiger partial charge in [-0.1, -0.05) is 29.8 Å². The van der Waals surface area contributed by atoms with Gasteiger partial charge in [-0.15, -0.1) is 0 Å². The molecule has 0 radical (unpaired) electrons. The van der Waals surface area contributed by atoms with Crippen molar-refractivity contribution in [1.29, 1.82) is 0 Å².